The summed E-state index contributed by atoms with van der Waals surface area (Å²) >= 11 is 3.42. The van der Waals surface area contributed by atoms with Crippen molar-refractivity contribution in [3.8, 4) is 5.75 Å². The summed E-state index contributed by atoms with van der Waals surface area (Å²) in [5, 5.41) is 3.34. The molecular weight excluding hydrogens is 285 g/mol. The van der Waals surface area contributed by atoms with Crippen LogP contribution < -0.4 is 10.1 Å². The maximum atomic E-state index is 12.1. The zero-order chi connectivity index (χ0) is 12.7. The number of rotatable bonds is 7. The van der Waals surface area contributed by atoms with Crippen LogP contribution in [-0.2, 0) is 0 Å². The molecule has 1 rings (SSSR count). The molecule has 1 aromatic rings. The Balaban J connectivity index is 2.79. The van der Waals surface area contributed by atoms with Gasteiger partial charge in [0.05, 0.1) is 13.3 Å². The highest BCUT2D eigenvalue weighted by atomic mass is 79.9. The summed E-state index contributed by atoms with van der Waals surface area (Å²) in [5.74, 6) is 0.821. The number of alkyl halides is 1. The molecule has 0 radical (unpaired) electrons. The minimum Gasteiger partial charge on any atom is -0.493 e. The standard InChI is InChI=1S/C13H19BrFNO/c1-3-16-10(2)12-6-5-11(14)9-13(12)17-8-4-7-15/h5-6,9-10,16H,3-4,7-8H2,1-2H3. The number of benzene rings is 1. The average Bonchev–Trinajstić information content (AvgIpc) is 2.30. The lowest BCUT2D eigenvalue weighted by Crippen LogP contribution is -2.18. The Morgan fingerprint density at radius 3 is 2.88 bits per heavy atom. The molecule has 0 bridgehead atoms. The largest absolute Gasteiger partial charge is 0.493 e. The number of hydrogen-bond acceptors (Lipinski definition) is 2. The van der Waals surface area contributed by atoms with E-state index in [2.05, 4.69) is 35.1 Å². The molecule has 1 N–H and O–H groups in total. The third-order valence-corrected chi connectivity index (χ3v) is 2.98. The van der Waals surface area contributed by atoms with E-state index >= 15 is 0 Å². The minimum absolute atomic E-state index is 0.230. The summed E-state index contributed by atoms with van der Waals surface area (Å²) in [6, 6.07) is 6.18. The number of hydrogen-bond donors (Lipinski definition) is 1. The normalized spacial score (nSPS) is 12.5. The molecule has 1 aromatic carbocycles. The summed E-state index contributed by atoms with van der Waals surface area (Å²) in [7, 11) is 0. The van der Waals surface area contributed by atoms with E-state index < -0.39 is 0 Å². The molecule has 1 unspecified atom stereocenters. The van der Waals surface area contributed by atoms with Crippen molar-refractivity contribution in [3.63, 3.8) is 0 Å². The van der Waals surface area contributed by atoms with Crippen LogP contribution in [0.4, 0.5) is 4.39 Å². The van der Waals surface area contributed by atoms with Crippen LogP contribution in [0.1, 0.15) is 31.9 Å². The summed E-state index contributed by atoms with van der Waals surface area (Å²) in [6.07, 6.45) is 0.432. The Hall–Kier alpha value is -0.610. The Morgan fingerprint density at radius 2 is 2.24 bits per heavy atom. The van der Waals surface area contributed by atoms with Crippen LogP contribution in [-0.4, -0.2) is 19.8 Å². The lowest BCUT2D eigenvalue weighted by atomic mass is 10.1. The molecule has 0 saturated carbocycles. The highest BCUT2D eigenvalue weighted by molar-refractivity contribution is 9.10. The first-order valence-corrected chi connectivity index (χ1v) is 6.70. The first-order valence-electron chi connectivity index (χ1n) is 5.90. The molecule has 1 atom stereocenters. The fraction of sp³-hybridized carbons (Fsp3) is 0.538. The van der Waals surface area contributed by atoms with Gasteiger partial charge in [0.25, 0.3) is 0 Å². The summed E-state index contributed by atoms with van der Waals surface area (Å²) < 4.78 is 18.6. The molecule has 0 fully saturated rings. The van der Waals surface area contributed by atoms with Crippen molar-refractivity contribution in [2.24, 2.45) is 0 Å². The van der Waals surface area contributed by atoms with Gasteiger partial charge in [-0.05, 0) is 25.6 Å². The molecular formula is C13H19BrFNO. The molecule has 2 nitrogen and oxygen atoms in total. The van der Waals surface area contributed by atoms with Crippen LogP contribution in [0.2, 0.25) is 0 Å². The molecule has 0 heterocycles. The lowest BCUT2D eigenvalue weighted by molar-refractivity contribution is 0.285. The maximum Gasteiger partial charge on any atom is 0.125 e. The zero-order valence-corrected chi connectivity index (χ0v) is 11.9. The predicted octanol–water partition coefficient (Wildman–Crippen LogP) is 3.86. The number of ether oxygens (including phenoxy) is 1. The second-order valence-electron chi connectivity index (χ2n) is 3.85. The van der Waals surface area contributed by atoms with Crippen molar-refractivity contribution in [1.82, 2.24) is 5.32 Å². The van der Waals surface area contributed by atoms with E-state index in [0.717, 1.165) is 22.3 Å². The van der Waals surface area contributed by atoms with Crippen molar-refractivity contribution >= 4 is 15.9 Å². The van der Waals surface area contributed by atoms with Gasteiger partial charge in [-0.25, -0.2) is 0 Å². The van der Waals surface area contributed by atoms with Crippen molar-refractivity contribution in [3.05, 3.63) is 28.2 Å². The van der Waals surface area contributed by atoms with Gasteiger partial charge in [-0.2, -0.15) is 0 Å². The molecule has 0 aliphatic rings. The molecule has 0 aromatic heterocycles. The smallest absolute Gasteiger partial charge is 0.125 e. The first-order chi connectivity index (χ1) is 8.19. The third kappa shape index (κ3) is 4.64. The van der Waals surface area contributed by atoms with Gasteiger partial charge < -0.3 is 10.1 Å². The highest BCUT2D eigenvalue weighted by Gasteiger charge is 2.11. The van der Waals surface area contributed by atoms with Crippen LogP contribution in [0, 0.1) is 0 Å². The maximum absolute atomic E-state index is 12.1. The summed E-state index contributed by atoms with van der Waals surface area (Å²) in [4.78, 5) is 0. The molecule has 17 heavy (non-hydrogen) atoms. The van der Waals surface area contributed by atoms with Gasteiger partial charge in [-0.3, -0.25) is 4.39 Å². The molecule has 0 aliphatic heterocycles. The third-order valence-electron chi connectivity index (χ3n) is 2.49. The second kappa shape index (κ2) is 7.67. The first kappa shape index (κ1) is 14.5. The quantitative estimate of drug-likeness (QED) is 0.772. The number of halogens is 2. The van der Waals surface area contributed by atoms with E-state index in [4.69, 9.17) is 4.74 Å². The Kier molecular flexibility index (Phi) is 6.52. The van der Waals surface area contributed by atoms with Crippen LogP contribution in [0.3, 0.4) is 0 Å². The van der Waals surface area contributed by atoms with E-state index in [9.17, 15) is 4.39 Å². The molecule has 0 saturated heterocycles. The van der Waals surface area contributed by atoms with Crippen molar-refractivity contribution in [1.29, 1.82) is 0 Å². The van der Waals surface area contributed by atoms with Crippen LogP contribution in [0.25, 0.3) is 0 Å². The molecule has 96 valence electrons. The summed E-state index contributed by atoms with van der Waals surface area (Å²) in [5.41, 5.74) is 1.11. The van der Waals surface area contributed by atoms with Gasteiger partial charge in [0.1, 0.15) is 5.75 Å². The van der Waals surface area contributed by atoms with E-state index in [1.54, 1.807) is 0 Å². The van der Waals surface area contributed by atoms with Gasteiger partial charge in [0.15, 0.2) is 0 Å². The van der Waals surface area contributed by atoms with E-state index in [1.807, 2.05) is 18.2 Å². The monoisotopic (exact) mass is 303 g/mol. The molecule has 0 spiro atoms. The van der Waals surface area contributed by atoms with E-state index in [-0.39, 0.29) is 12.7 Å². The van der Waals surface area contributed by atoms with Crippen molar-refractivity contribution < 1.29 is 9.13 Å². The molecule has 0 amide bonds. The van der Waals surface area contributed by atoms with Crippen molar-refractivity contribution in [2.45, 2.75) is 26.3 Å². The van der Waals surface area contributed by atoms with Gasteiger partial charge in [0.2, 0.25) is 0 Å². The van der Waals surface area contributed by atoms with Crippen LogP contribution >= 0.6 is 15.9 Å². The predicted molar refractivity (Wildman–Crippen MR) is 72.3 cm³/mol. The average molecular weight is 304 g/mol. The minimum atomic E-state index is -0.341. The Bertz CT molecular complexity index is 346. The van der Waals surface area contributed by atoms with E-state index in [0.29, 0.717) is 13.0 Å². The fourth-order valence-electron chi connectivity index (χ4n) is 1.64. The SMILES string of the molecule is CCNC(C)c1ccc(Br)cc1OCCCF. The van der Waals surface area contributed by atoms with Crippen molar-refractivity contribution in [2.75, 3.05) is 19.8 Å². The highest BCUT2D eigenvalue weighted by Crippen LogP contribution is 2.28. The Labute approximate surface area is 111 Å². The molecule has 0 aliphatic carbocycles. The summed E-state index contributed by atoms with van der Waals surface area (Å²) in [6.45, 7) is 5.14. The van der Waals surface area contributed by atoms with Gasteiger partial charge in [0, 0.05) is 22.5 Å². The second-order valence-corrected chi connectivity index (χ2v) is 4.77. The number of nitrogens with one attached hydrogen (secondary N) is 1. The van der Waals surface area contributed by atoms with E-state index in [1.165, 1.54) is 0 Å². The topological polar surface area (TPSA) is 21.3 Å². The van der Waals surface area contributed by atoms with Gasteiger partial charge in [-0.15, -0.1) is 0 Å². The van der Waals surface area contributed by atoms with Crippen LogP contribution in [0.5, 0.6) is 5.75 Å². The Morgan fingerprint density at radius 1 is 1.47 bits per heavy atom. The van der Waals surface area contributed by atoms with Gasteiger partial charge in [-0.1, -0.05) is 28.9 Å². The zero-order valence-electron chi connectivity index (χ0n) is 10.3. The molecule has 4 heteroatoms. The van der Waals surface area contributed by atoms with Crippen LogP contribution in [0.15, 0.2) is 22.7 Å². The fourth-order valence-corrected chi connectivity index (χ4v) is 1.98. The van der Waals surface area contributed by atoms with Gasteiger partial charge >= 0.3 is 0 Å². The lowest BCUT2D eigenvalue weighted by Gasteiger charge is -2.17.